The number of nitrogens with zero attached hydrogens (tertiary/aromatic N) is 2. The Morgan fingerprint density at radius 2 is 1.58 bits per heavy atom. The largest absolute Gasteiger partial charge is 0.493 e. The van der Waals surface area contributed by atoms with Crippen molar-refractivity contribution in [2.24, 2.45) is 5.41 Å². The highest BCUT2D eigenvalue weighted by molar-refractivity contribution is 7.13. The Bertz CT molecular complexity index is 2200. The summed E-state index contributed by atoms with van der Waals surface area (Å²) < 4.78 is 6.36. The molecule has 3 aromatic carbocycles. The van der Waals surface area contributed by atoms with Crippen LogP contribution in [0, 0.1) is 12.3 Å². The van der Waals surface area contributed by atoms with Gasteiger partial charge in [-0.15, -0.1) is 11.3 Å². The van der Waals surface area contributed by atoms with Gasteiger partial charge >= 0.3 is 0 Å². The molecule has 344 valence electrons. The van der Waals surface area contributed by atoms with Gasteiger partial charge < -0.3 is 41.7 Å². The molecule has 0 radical (unpaired) electrons. The number of nitrogen functional groups attached to an aromatic ring is 1. The molecule has 14 nitrogen and oxygen atoms in total. The fourth-order valence-electron chi connectivity index (χ4n) is 7.72. The third kappa shape index (κ3) is 14.6. The number of carbonyl (C=O) groups excluding carboxylic acids is 5. The van der Waals surface area contributed by atoms with E-state index in [1.165, 1.54) is 11.8 Å². The number of aliphatic hydroxyl groups excluding tert-OH is 1. The summed E-state index contributed by atoms with van der Waals surface area (Å²) in [5, 5.41) is 22.0. The van der Waals surface area contributed by atoms with Crippen LogP contribution in [0.3, 0.4) is 0 Å². The number of nitrogens with two attached hydrogens (primary N) is 1. The number of likely N-dealkylation sites (tertiary alicyclic amines) is 1. The molecule has 5 amide bonds. The summed E-state index contributed by atoms with van der Waals surface area (Å²) in [5.41, 5.74) is 12.0. The first-order chi connectivity index (χ1) is 30.6. The van der Waals surface area contributed by atoms with Gasteiger partial charge in [0.2, 0.25) is 23.6 Å². The van der Waals surface area contributed by atoms with Gasteiger partial charge in [-0.1, -0.05) is 90.0 Å². The van der Waals surface area contributed by atoms with E-state index in [1.54, 1.807) is 59.9 Å². The highest BCUT2D eigenvalue weighted by Gasteiger charge is 2.44. The van der Waals surface area contributed by atoms with Crippen LogP contribution in [0.2, 0.25) is 0 Å². The van der Waals surface area contributed by atoms with E-state index in [1.807, 2.05) is 51.4 Å². The van der Waals surface area contributed by atoms with E-state index in [4.69, 9.17) is 10.5 Å². The van der Waals surface area contributed by atoms with E-state index >= 15 is 0 Å². The summed E-state index contributed by atoms with van der Waals surface area (Å²) in [4.78, 5) is 71.2. The lowest BCUT2D eigenvalue weighted by molar-refractivity contribution is -0.143. The Kier molecular flexibility index (Phi) is 18.3. The number of aliphatic hydroxyl groups is 1. The van der Waals surface area contributed by atoms with Crippen molar-refractivity contribution in [3.8, 4) is 16.2 Å². The quantitative estimate of drug-likeness (QED) is 0.0334. The van der Waals surface area contributed by atoms with Crippen molar-refractivity contribution < 1.29 is 33.8 Å². The highest BCUT2D eigenvalue weighted by Crippen LogP contribution is 2.33. The molecule has 1 aliphatic heterocycles. The van der Waals surface area contributed by atoms with Gasteiger partial charge in [0.15, 0.2) is 0 Å². The van der Waals surface area contributed by atoms with Gasteiger partial charge in [0.25, 0.3) is 5.91 Å². The van der Waals surface area contributed by atoms with E-state index in [2.05, 4.69) is 26.3 Å². The smallest absolute Gasteiger partial charge is 0.255 e. The van der Waals surface area contributed by atoms with Crippen molar-refractivity contribution in [2.45, 2.75) is 130 Å². The van der Waals surface area contributed by atoms with Crippen molar-refractivity contribution in [1.82, 2.24) is 20.5 Å². The minimum absolute atomic E-state index is 0.0107. The molecule has 3 atom stereocenters. The Hall–Kier alpha value is -5.80. The monoisotopic (exact) mass is 895 g/mol. The number of hydrogen-bond acceptors (Lipinski definition) is 10. The van der Waals surface area contributed by atoms with Crippen LogP contribution in [0.1, 0.15) is 120 Å². The van der Waals surface area contributed by atoms with E-state index in [-0.39, 0.29) is 43.1 Å². The summed E-state index contributed by atoms with van der Waals surface area (Å²) in [7, 11) is 0. The molecule has 1 fully saturated rings. The predicted molar refractivity (Wildman–Crippen MR) is 253 cm³/mol. The van der Waals surface area contributed by atoms with Crippen molar-refractivity contribution in [1.29, 1.82) is 0 Å². The van der Waals surface area contributed by atoms with Crippen molar-refractivity contribution >= 4 is 57.9 Å². The molecule has 0 spiro atoms. The molecule has 64 heavy (non-hydrogen) atoms. The predicted octanol–water partition coefficient (Wildman–Crippen LogP) is 8.00. The normalized spacial score (nSPS) is 15.3. The van der Waals surface area contributed by atoms with Gasteiger partial charge in [-0.3, -0.25) is 24.0 Å². The Balaban J connectivity index is 0.998. The zero-order valence-electron chi connectivity index (χ0n) is 37.8. The van der Waals surface area contributed by atoms with Gasteiger partial charge in [-0.25, -0.2) is 4.98 Å². The zero-order valence-corrected chi connectivity index (χ0v) is 38.7. The maximum atomic E-state index is 13.7. The first kappa shape index (κ1) is 49.2. The lowest BCUT2D eigenvalue weighted by atomic mass is 9.85. The molecule has 0 unspecified atom stereocenters. The average Bonchev–Trinajstić information content (AvgIpc) is 3.87. The zero-order chi connectivity index (χ0) is 46.2. The molecular weight excluding hydrogens is 831 g/mol. The molecule has 0 bridgehead atoms. The number of amides is 5. The first-order valence-corrected chi connectivity index (χ1v) is 23.2. The van der Waals surface area contributed by atoms with Gasteiger partial charge in [0.05, 0.1) is 40.2 Å². The molecule has 0 saturated carbocycles. The Morgan fingerprint density at radius 1 is 0.906 bits per heavy atom. The Morgan fingerprint density at radius 3 is 2.22 bits per heavy atom. The van der Waals surface area contributed by atoms with E-state index in [0.29, 0.717) is 41.4 Å². The molecule has 1 saturated heterocycles. The highest BCUT2D eigenvalue weighted by atomic mass is 32.1. The van der Waals surface area contributed by atoms with Crippen LogP contribution in [-0.4, -0.2) is 75.9 Å². The van der Waals surface area contributed by atoms with Crippen LogP contribution in [0.25, 0.3) is 10.4 Å². The van der Waals surface area contributed by atoms with E-state index in [9.17, 15) is 29.1 Å². The fraction of sp³-hybridized carbons (Fsp3) is 0.469. The first-order valence-electron chi connectivity index (χ1n) is 22.4. The standard InChI is InChI=1S/C49H65N7O7S/c1-32-44(64-31-52-32)35-20-21-36(29-51-47(61)41-28-38(58)30-56(41)48(62)45(49(3,4)5)53-33(2)57)42(27-35)63-26-16-12-10-8-6-7-9-11-13-19-43(59)54-37-24-22-34(23-25-37)46(60)55-40-18-15-14-17-39(40)50/h14-15,17-18,20-25,27,31,38,41,45,58H,6-13,16,19,26,28-30,50H2,1-5H3,(H,51,61)(H,53,57)(H,54,59)(H,55,60)/t38-,41+,45-/m1/s1. The molecule has 1 aromatic heterocycles. The van der Waals surface area contributed by atoms with Gasteiger partial charge in [-0.05, 0) is 73.2 Å². The second-order valence-corrected chi connectivity index (χ2v) is 18.5. The number of hydrogen-bond donors (Lipinski definition) is 6. The third-order valence-corrected chi connectivity index (χ3v) is 12.3. The van der Waals surface area contributed by atoms with Crippen molar-refractivity contribution in [2.75, 3.05) is 29.5 Å². The van der Waals surface area contributed by atoms with Crippen molar-refractivity contribution in [3.05, 3.63) is 89.1 Å². The number of unbranched alkanes of at least 4 members (excludes halogenated alkanes) is 8. The average molecular weight is 896 g/mol. The number of thiazole rings is 1. The lowest BCUT2D eigenvalue weighted by Gasteiger charge is -2.35. The number of aryl methyl sites for hydroxylation is 1. The van der Waals surface area contributed by atoms with Crippen LogP contribution in [0.15, 0.2) is 72.2 Å². The van der Waals surface area contributed by atoms with Crippen LogP contribution >= 0.6 is 11.3 Å². The van der Waals surface area contributed by atoms with E-state index in [0.717, 1.165) is 79.5 Å². The summed E-state index contributed by atoms with van der Waals surface area (Å²) in [6, 6.07) is 18.1. The minimum atomic E-state index is -0.877. The summed E-state index contributed by atoms with van der Waals surface area (Å²) in [6.07, 6.45) is 8.95. The maximum Gasteiger partial charge on any atom is 0.255 e. The number of rotatable bonds is 22. The second kappa shape index (κ2) is 23.8. The Labute approximate surface area is 381 Å². The minimum Gasteiger partial charge on any atom is -0.493 e. The van der Waals surface area contributed by atoms with Crippen LogP contribution in [0.5, 0.6) is 5.75 Å². The summed E-state index contributed by atoms with van der Waals surface area (Å²) in [6.45, 7) is 9.57. The number of para-hydroxylation sites is 2. The molecule has 1 aliphatic rings. The number of ether oxygens (including phenoxy) is 1. The van der Waals surface area contributed by atoms with Gasteiger partial charge in [0.1, 0.15) is 17.8 Å². The number of anilines is 3. The summed E-state index contributed by atoms with van der Waals surface area (Å²) in [5.74, 6) is -0.763. The van der Waals surface area contributed by atoms with E-state index < -0.39 is 29.5 Å². The van der Waals surface area contributed by atoms with Crippen molar-refractivity contribution in [3.63, 3.8) is 0 Å². The molecular formula is C49H65N7O7S. The SMILES string of the molecule is CC(=O)N[C@H](C(=O)N1C[C@H](O)C[C@H]1C(=O)NCc1ccc(-c2scnc2C)cc1OCCCCCCCCCCCC(=O)Nc1ccc(C(=O)Nc2ccccc2N)cc1)C(C)(C)C. The number of nitrogens with one attached hydrogen (secondary N) is 4. The maximum absolute atomic E-state index is 13.7. The third-order valence-electron chi connectivity index (χ3n) is 11.3. The van der Waals surface area contributed by atoms with Gasteiger partial charge in [-0.2, -0.15) is 0 Å². The molecule has 4 aromatic rings. The number of aromatic nitrogens is 1. The number of carbonyl (C=O) groups is 5. The topological polar surface area (TPSA) is 205 Å². The van der Waals surface area contributed by atoms with Crippen LogP contribution in [0.4, 0.5) is 17.1 Å². The summed E-state index contributed by atoms with van der Waals surface area (Å²) >= 11 is 1.56. The van der Waals surface area contributed by atoms with Crippen LogP contribution in [-0.2, 0) is 25.7 Å². The molecule has 7 N–H and O–H groups in total. The van der Waals surface area contributed by atoms with Crippen LogP contribution < -0.4 is 31.7 Å². The molecule has 5 rings (SSSR count). The lowest BCUT2D eigenvalue weighted by Crippen LogP contribution is -2.57. The number of β-amino-alcohol motifs (C(OH)–C–C–N with tert-alkyl or cyclic N) is 1. The molecule has 15 heteroatoms. The number of benzene rings is 3. The molecule has 2 heterocycles. The van der Waals surface area contributed by atoms with Gasteiger partial charge in [0, 0.05) is 49.7 Å². The molecule has 0 aliphatic carbocycles. The fourth-order valence-corrected chi connectivity index (χ4v) is 8.52. The second-order valence-electron chi connectivity index (χ2n) is 17.7.